The normalized spacial score (nSPS) is 10.8. The molecule has 0 fully saturated rings. The van der Waals surface area contributed by atoms with Crippen LogP contribution in [-0.4, -0.2) is 21.8 Å². The molecule has 4 nitrogen and oxygen atoms in total. The zero-order chi connectivity index (χ0) is 14.1. The Labute approximate surface area is 122 Å². The number of aromatic nitrogens is 3. The number of aryl methyl sites for hydroxylation is 1. The van der Waals surface area contributed by atoms with E-state index in [2.05, 4.69) is 52.8 Å². The minimum absolute atomic E-state index is 0.919. The van der Waals surface area contributed by atoms with E-state index in [0.717, 1.165) is 27.8 Å². The fourth-order valence-corrected chi connectivity index (χ4v) is 2.87. The summed E-state index contributed by atoms with van der Waals surface area (Å²) in [5.74, 6) is 0. The van der Waals surface area contributed by atoms with Gasteiger partial charge in [0.2, 0.25) is 0 Å². The van der Waals surface area contributed by atoms with E-state index in [1.165, 1.54) is 5.56 Å². The first-order chi connectivity index (χ1) is 9.69. The lowest BCUT2D eigenvalue weighted by atomic mass is 10.2. The Morgan fingerprint density at radius 2 is 2.10 bits per heavy atom. The molecule has 2 heterocycles. The molecule has 102 valence electrons. The van der Waals surface area contributed by atoms with E-state index in [9.17, 15) is 0 Å². The minimum Gasteiger partial charge on any atom is -0.365 e. The van der Waals surface area contributed by atoms with Gasteiger partial charge in [-0.2, -0.15) is 5.10 Å². The lowest BCUT2D eigenvalue weighted by molar-refractivity contribution is 0.846. The number of nitrogens with zero attached hydrogens (tertiary/aromatic N) is 3. The molecule has 2 aromatic heterocycles. The molecular formula is C15H16N4S. The molecule has 20 heavy (non-hydrogen) atoms. The van der Waals surface area contributed by atoms with Crippen molar-refractivity contribution in [2.75, 3.05) is 12.4 Å². The van der Waals surface area contributed by atoms with Crippen LogP contribution >= 0.6 is 11.3 Å². The molecule has 0 aliphatic carbocycles. The predicted octanol–water partition coefficient (Wildman–Crippen LogP) is 3.65. The fourth-order valence-electron chi connectivity index (χ4n) is 2.19. The molecule has 0 aliphatic heterocycles. The monoisotopic (exact) mass is 284 g/mol. The van der Waals surface area contributed by atoms with Crippen molar-refractivity contribution in [3.8, 4) is 16.9 Å². The maximum Gasteiger partial charge on any atom is 0.182 e. The summed E-state index contributed by atoms with van der Waals surface area (Å²) in [6, 6.07) is 8.33. The van der Waals surface area contributed by atoms with Crippen molar-refractivity contribution in [3.63, 3.8) is 0 Å². The topological polar surface area (TPSA) is 42.7 Å². The third-order valence-corrected chi connectivity index (χ3v) is 4.11. The summed E-state index contributed by atoms with van der Waals surface area (Å²) < 4.78 is 1.96. The summed E-state index contributed by atoms with van der Waals surface area (Å²) in [4.78, 5) is 4.54. The standard InChI is InChI=1S/C15H16N4S/c1-10-5-4-6-12(7-10)19-11(2)13(8-17-19)14-9-20-15(16-3)18-14/h4-9H,1-3H3,(H,16,18). The van der Waals surface area contributed by atoms with Crippen LogP contribution in [0.3, 0.4) is 0 Å². The van der Waals surface area contributed by atoms with Gasteiger partial charge >= 0.3 is 0 Å². The van der Waals surface area contributed by atoms with Crippen molar-refractivity contribution in [2.24, 2.45) is 0 Å². The Kier molecular flexibility index (Phi) is 3.28. The maximum absolute atomic E-state index is 4.54. The van der Waals surface area contributed by atoms with Gasteiger partial charge in [0.15, 0.2) is 5.13 Å². The highest BCUT2D eigenvalue weighted by atomic mass is 32.1. The first-order valence-electron chi connectivity index (χ1n) is 6.44. The van der Waals surface area contributed by atoms with Gasteiger partial charge in [-0.05, 0) is 31.5 Å². The van der Waals surface area contributed by atoms with E-state index in [1.54, 1.807) is 11.3 Å². The third-order valence-electron chi connectivity index (χ3n) is 3.25. The fraction of sp³-hybridized carbons (Fsp3) is 0.200. The average molecular weight is 284 g/mol. The Hall–Kier alpha value is -2.14. The second kappa shape index (κ2) is 5.09. The summed E-state index contributed by atoms with van der Waals surface area (Å²) in [6.07, 6.45) is 1.88. The number of anilines is 1. The van der Waals surface area contributed by atoms with E-state index in [0.29, 0.717) is 0 Å². The largest absolute Gasteiger partial charge is 0.365 e. The van der Waals surface area contributed by atoms with Gasteiger partial charge in [-0.25, -0.2) is 9.67 Å². The van der Waals surface area contributed by atoms with Gasteiger partial charge in [0.1, 0.15) is 0 Å². The minimum atomic E-state index is 0.919. The number of thiazole rings is 1. The van der Waals surface area contributed by atoms with Crippen LogP contribution in [0.15, 0.2) is 35.8 Å². The highest BCUT2D eigenvalue weighted by Crippen LogP contribution is 2.28. The predicted molar refractivity (Wildman–Crippen MR) is 83.7 cm³/mol. The smallest absolute Gasteiger partial charge is 0.182 e. The summed E-state index contributed by atoms with van der Waals surface area (Å²) >= 11 is 1.60. The molecule has 0 spiro atoms. The van der Waals surface area contributed by atoms with Crippen LogP contribution in [-0.2, 0) is 0 Å². The first-order valence-corrected chi connectivity index (χ1v) is 7.32. The molecule has 1 aromatic carbocycles. The molecule has 0 atom stereocenters. The van der Waals surface area contributed by atoms with Crippen LogP contribution in [0.5, 0.6) is 0 Å². The zero-order valence-corrected chi connectivity index (χ0v) is 12.5. The van der Waals surface area contributed by atoms with Crippen LogP contribution in [0.2, 0.25) is 0 Å². The molecule has 3 rings (SSSR count). The Morgan fingerprint density at radius 3 is 2.80 bits per heavy atom. The van der Waals surface area contributed by atoms with Crippen LogP contribution < -0.4 is 5.32 Å². The van der Waals surface area contributed by atoms with Crippen LogP contribution in [0, 0.1) is 13.8 Å². The number of rotatable bonds is 3. The van der Waals surface area contributed by atoms with Crippen molar-refractivity contribution < 1.29 is 0 Å². The van der Waals surface area contributed by atoms with E-state index < -0.39 is 0 Å². The second-order valence-electron chi connectivity index (χ2n) is 4.68. The maximum atomic E-state index is 4.54. The molecule has 0 aliphatic rings. The van der Waals surface area contributed by atoms with Gasteiger partial charge in [-0.1, -0.05) is 12.1 Å². The van der Waals surface area contributed by atoms with Crippen LogP contribution in [0.1, 0.15) is 11.3 Å². The average Bonchev–Trinajstić information content (AvgIpc) is 3.04. The van der Waals surface area contributed by atoms with Gasteiger partial charge in [-0.3, -0.25) is 0 Å². The molecule has 0 radical (unpaired) electrons. The number of benzene rings is 1. The number of hydrogen-bond acceptors (Lipinski definition) is 4. The molecule has 0 unspecified atom stereocenters. The van der Waals surface area contributed by atoms with Crippen LogP contribution in [0.25, 0.3) is 16.9 Å². The summed E-state index contributed by atoms with van der Waals surface area (Å²) in [5.41, 5.74) is 5.45. The second-order valence-corrected chi connectivity index (χ2v) is 5.54. The molecule has 1 N–H and O–H groups in total. The Morgan fingerprint density at radius 1 is 1.25 bits per heavy atom. The van der Waals surface area contributed by atoms with Crippen molar-refractivity contribution in [1.29, 1.82) is 0 Å². The highest BCUT2D eigenvalue weighted by molar-refractivity contribution is 7.14. The van der Waals surface area contributed by atoms with Gasteiger partial charge in [0, 0.05) is 18.0 Å². The molecule has 5 heteroatoms. The lowest BCUT2D eigenvalue weighted by Gasteiger charge is -2.05. The number of nitrogens with one attached hydrogen (secondary N) is 1. The lowest BCUT2D eigenvalue weighted by Crippen LogP contribution is -1.99. The van der Waals surface area contributed by atoms with Crippen molar-refractivity contribution >= 4 is 16.5 Å². The van der Waals surface area contributed by atoms with Gasteiger partial charge in [0.05, 0.1) is 23.3 Å². The van der Waals surface area contributed by atoms with Crippen molar-refractivity contribution in [3.05, 3.63) is 47.1 Å². The van der Waals surface area contributed by atoms with Crippen molar-refractivity contribution in [2.45, 2.75) is 13.8 Å². The summed E-state index contributed by atoms with van der Waals surface area (Å²) in [7, 11) is 1.88. The first kappa shape index (κ1) is 12.9. The molecule has 0 amide bonds. The highest BCUT2D eigenvalue weighted by Gasteiger charge is 2.12. The molecule has 0 saturated carbocycles. The molecular weight excluding hydrogens is 268 g/mol. The molecule has 0 bridgehead atoms. The van der Waals surface area contributed by atoms with Gasteiger partial charge < -0.3 is 5.32 Å². The molecule has 3 aromatic rings. The summed E-state index contributed by atoms with van der Waals surface area (Å²) in [6.45, 7) is 4.16. The quantitative estimate of drug-likeness (QED) is 0.798. The van der Waals surface area contributed by atoms with Gasteiger partial charge in [0.25, 0.3) is 0 Å². The van der Waals surface area contributed by atoms with Crippen molar-refractivity contribution in [1.82, 2.24) is 14.8 Å². The van der Waals surface area contributed by atoms with Gasteiger partial charge in [-0.15, -0.1) is 11.3 Å². The SMILES string of the molecule is CNc1nc(-c2cnn(-c3cccc(C)c3)c2C)cs1. The molecule has 0 saturated heterocycles. The number of hydrogen-bond donors (Lipinski definition) is 1. The Balaban J connectivity index is 2.04. The van der Waals surface area contributed by atoms with E-state index in [-0.39, 0.29) is 0 Å². The summed E-state index contributed by atoms with van der Waals surface area (Å²) in [5, 5.41) is 10.5. The van der Waals surface area contributed by atoms with E-state index >= 15 is 0 Å². The van der Waals surface area contributed by atoms with E-state index in [4.69, 9.17) is 0 Å². The zero-order valence-electron chi connectivity index (χ0n) is 11.7. The third kappa shape index (κ3) is 2.20. The van der Waals surface area contributed by atoms with Crippen LogP contribution in [0.4, 0.5) is 5.13 Å². The van der Waals surface area contributed by atoms with E-state index in [1.807, 2.05) is 24.0 Å². The Bertz CT molecular complexity index is 742.